The molecule has 4 heteroatoms. The van der Waals surface area contributed by atoms with Crippen molar-refractivity contribution in [2.75, 3.05) is 0 Å². The third-order valence-corrected chi connectivity index (χ3v) is 3.34. The molecule has 0 aliphatic heterocycles. The predicted molar refractivity (Wildman–Crippen MR) is 69.5 cm³/mol. The van der Waals surface area contributed by atoms with Gasteiger partial charge in [-0.1, -0.05) is 17.3 Å². The molecule has 0 spiro atoms. The van der Waals surface area contributed by atoms with Crippen LogP contribution in [0.25, 0.3) is 11.0 Å². The molecule has 2 heterocycles. The first-order valence-electron chi connectivity index (χ1n) is 6.03. The molecule has 0 saturated heterocycles. The highest BCUT2D eigenvalue weighted by Crippen LogP contribution is 2.25. The number of rotatable bonds is 2. The van der Waals surface area contributed by atoms with Crippen molar-refractivity contribution in [3.8, 4) is 0 Å². The van der Waals surface area contributed by atoms with E-state index >= 15 is 0 Å². The quantitative estimate of drug-likeness (QED) is 0.691. The summed E-state index contributed by atoms with van der Waals surface area (Å²) in [5.74, 6) is 1.88. The van der Waals surface area contributed by atoms with E-state index in [1.54, 1.807) is 0 Å². The minimum atomic E-state index is 0.0461. The zero-order chi connectivity index (χ0) is 12.7. The smallest absolute Gasteiger partial charge is 0.128 e. The van der Waals surface area contributed by atoms with Gasteiger partial charge in [0.15, 0.2) is 0 Å². The van der Waals surface area contributed by atoms with Gasteiger partial charge in [0.2, 0.25) is 0 Å². The van der Waals surface area contributed by atoms with Crippen LogP contribution in [0.3, 0.4) is 0 Å². The summed E-state index contributed by atoms with van der Waals surface area (Å²) in [5, 5.41) is 8.38. The Morgan fingerprint density at radius 3 is 2.72 bits per heavy atom. The van der Waals surface area contributed by atoms with Crippen molar-refractivity contribution in [1.29, 1.82) is 0 Å². The molecule has 2 aromatic heterocycles. The Labute approximate surface area is 105 Å². The normalized spacial score (nSPS) is 13.1. The van der Waals surface area contributed by atoms with Gasteiger partial charge < -0.3 is 4.42 Å². The molecule has 18 heavy (non-hydrogen) atoms. The van der Waals surface area contributed by atoms with E-state index in [0.29, 0.717) is 0 Å². The highest BCUT2D eigenvalue weighted by molar-refractivity contribution is 5.74. The highest BCUT2D eigenvalue weighted by Gasteiger charge is 2.17. The van der Waals surface area contributed by atoms with Crippen LogP contribution in [0.15, 0.2) is 34.7 Å². The first-order valence-corrected chi connectivity index (χ1v) is 6.03. The van der Waals surface area contributed by atoms with Crippen LogP contribution in [0.2, 0.25) is 0 Å². The number of benzene rings is 1. The largest absolute Gasteiger partial charge is 0.464 e. The van der Waals surface area contributed by atoms with E-state index in [4.69, 9.17) is 4.42 Å². The number of hydrogen-bond donors (Lipinski definition) is 0. The van der Waals surface area contributed by atoms with Gasteiger partial charge >= 0.3 is 0 Å². The van der Waals surface area contributed by atoms with Gasteiger partial charge in [0.25, 0.3) is 0 Å². The van der Waals surface area contributed by atoms with E-state index in [9.17, 15) is 0 Å². The summed E-state index contributed by atoms with van der Waals surface area (Å²) in [4.78, 5) is 0. The second-order valence-corrected chi connectivity index (χ2v) is 4.59. The number of fused-ring (bicyclic) bond motifs is 1. The topological polar surface area (TPSA) is 43.9 Å². The molecular formula is C14H15N3O. The molecule has 0 aliphatic carbocycles. The Hall–Kier alpha value is -2.10. The lowest BCUT2D eigenvalue weighted by Gasteiger charge is -2.09. The van der Waals surface area contributed by atoms with Crippen molar-refractivity contribution >= 4 is 11.0 Å². The van der Waals surface area contributed by atoms with Crippen molar-refractivity contribution in [1.82, 2.24) is 15.0 Å². The van der Waals surface area contributed by atoms with Crippen molar-refractivity contribution in [3.63, 3.8) is 0 Å². The first-order chi connectivity index (χ1) is 8.66. The van der Waals surface area contributed by atoms with Crippen molar-refractivity contribution in [2.24, 2.45) is 0 Å². The minimum Gasteiger partial charge on any atom is -0.464 e. The van der Waals surface area contributed by atoms with Gasteiger partial charge in [-0.2, -0.15) is 0 Å². The molecule has 92 valence electrons. The summed E-state index contributed by atoms with van der Waals surface area (Å²) in [5.41, 5.74) is 3.10. The van der Waals surface area contributed by atoms with Gasteiger partial charge in [0.1, 0.15) is 23.1 Å². The Morgan fingerprint density at radius 1 is 1.22 bits per heavy atom. The average molecular weight is 241 g/mol. The molecule has 0 bridgehead atoms. The van der Waals surface area contributed by atoms with Gasteiger partial charge in [-0.25, -0.2) is 4.68 Å². The lowest BCUT2D eigenvalue weighted by atomic mass is 10.2. The van der Waals surface area contributed by atoms with Crippen LogP contribution < -0.4 is 0 Å². The summed E-state index contributed by atoms with van der Waals surface area (Å²) in [6.45, 7) is 6.10. The molecule has 1 aromatic carbocycles. The number of para-hydroxylation sites is 1. The predicted octanol–water partition coefficient (Wildman–Crippen LogP) is 3.25. The van der Waals surface area contributed by atoms with Gasteiger partial charge in [-0.15, -0.1) is 5.10 Å². The lowest BCUT2D eigenvalue weighted by molar-refractivity contribution is 0.411. The zero-order valence-corrected chi connectivity index (χ0v) is 10.7. The number of aromatic nitrogens is 3. The van der Waals surface area contributed by atoms with E-state index in [2.05, 4.69) is 30.2 Å². The monoisotopic (exact) mass is 241 g/mol. The molecule has 3 aromatic rings. The van der Waals surface area contributed by atoms with Crippen LogP contribution in [-0.2, 0) is 0 Å². The molecule has 0 saturated carbocycles. The number of aryl methyl sites for hydroxylation is 2. The molecule has 4 nitrogen and oxygen atoms in total. The molecule has 0 aliphatic rings. The Balaban J connectivity index is 2.09. The zero-order valence-electron chi connectivity index (χ0n) is 10.7. The minimum absolute atomic E-state index is 0.0461. The average Bonchev–Trinajstić information content (AvgIpc) is 2.93. The molecule has 0 unspecified atom stereocenters. The van der Waals surface area contributed by atoms with Crippen LogP contribution in [0, 0.1) is 13.8 Å². The number of hydrogen-bond acceptors (Lipinski definition) is 3. The van der Waals surface area contributed by atoms with Crippen LogP contribution >= 0.6 is 0 Å². The highest BCUT2D eigenvalue weighted by atomic mass is 16.3. The standard InChI is InChI=1S/C14H15N3O/c1-9-8-14(18-11(9)3)10(2)17-13-7-5-4-6-12(13)15-16-17/h4-8,10H,1-3H3/t10-/m1/s1. The Bertz CT molecular complexity index is 676. The van der Waals surface area contributed by atoms with Crippen molar-refractivity contribution < 1.29 is 4.42 Å². The fraction of sp³-hybridized carbons (Fsp3) is 0.286. The van der Waals surface area contributed by atoms with E-state index in [1.165, 1.54) is 5.56 Å². The molecule has 0 N–H and O–H groups in total. The van der Waals surface area contributed by atoms with E-state index in [1.807, 2.05) is 35.9 Å². The van der Waals surface area contributed by atoms with Crippen LogP contribution in [0.5, 0.6) is 0 Å². The molecular weight excluding hydrogens is 226 g/mol. The molecule has 0 fully saturated rings. The van der Waals surface area contributed by atoms with Gasteiger partial charge in [-0.05, 0) is 44.5 Å². The maximum absolute atomic E-state index is 5.76. The van der Waals surface area contributed by atoms with Crippen LogP contribution in [0.1, 0.15) is 30.0 Å². The fourth-order valence-corrected chi connectivity index (χ4v) is 2.10. The van der Waals surface area contributed by atoms with Gasteiger partial charge in [0, 0.05) is 0 Å². The molecule has 0 radical (unpaired) electrons. The fourth-order valence-electron chi connectivity index (χ4n) is 2.10. The lowest BCUT2D eigenvalue weighted by Crippen LogP contribution is -2.07. The Kier molecular flexibility index (Phi) is 2.44. The number of nitrogens with zero attached hydrogens (tertiary/aromatic N) is 3. The second kappa shape index (κ2) is 3.98. The van der Waals surface area contributed by atoms with Crippen molar-refractivity contribution in [2.45, 2.75) is 26.8 Å². The molecule has 1 atom stereocenters. The van der Waals surface area contributed by atoms with Gasteiger partial charge in [-0.3, -0.25) is 0 Å². The number of furan rings is 1. The first kappa shape index (κ1) is 11.0. The third kappa shape index (κ3) is 1.61. The summed E-state index contributed by atoms with van der Waals surface area (Å²) in [7, 11) is 0. The summed E-state index contributed by atoms with van der Waals surface area (Å²) >= 11 is 0. The molecule has 0 amide bonds. The maximum Gasteiger partial charge on any atom is 0.128 e. The molecule has 3 rings (SSSR count). The van der Waals surface area contributed by atoms with Crippen LogP contribution in [0.4, 0.5) is 0 Å². The van der Waals surface area contributed by atoms with E-state index in [-0.39, 0.29) is 6.04 Å². The van der Waals surface area contributed by atoms with E-state index < -0.39 is 0 Å². The second-order valence-electron chi connectivity index (χ2n) is 4.59. The summed E-state index contributed by atoms with van der Waals surface area (Å²) in [6.07, 6.45) is 0. The maximum atomic E-state index is 5.76. The Morgan fingerprint density at radius 2 is 2.00 bits per heavy atom. The summed E-state index contributed by atoms with van der Waals surface area (Å²) < 4.78 is 7.66. The summed E-state index contributed by atoms with van der Waals surface area (Å²) in [6, 6.07) is 10.1. The van der Waals surface area contributed by atoms with Crippen LogP contribution in [-0.4, -0.2) is 15.0 Å². The SMILES string of the molecule is Cc1cc([C@@H](C)n2nnc3ccccc32)oc1C. The van der Waals surface area contributed by atoms with Crippen molar-refractivity contribution in [3.05, 3.63) is 47.4 Å². The van der Waals surface area contributed by atoms with E-state index in [0.717, 1.165) is 22.6 Å². The third-order valence-electron chi connectivity index (χ3n) is 3.34. The van der Waals surface area contributed by atoms with Gasteiger partial charge in [0.05, 0.1) is 5.52 Å².